The minimum absolute atomic E-state index is 0.0136. The second-order valence-electron chi connectivity index (χ2n) is 8.22. The van der Waals surface area contributed by atoms with E-state index >= 15 is 0 Å². The molecule has 0 radical (unpaired) electrons. The molecule has 3 N–H and O–H groups in total. The van der Waals surface area contributed by atoms with Crippen LogP contribution in [0.3, 0.4) is 0 Å². The number of halogens is 3. The highest BCUT2D eigenvalue weighted by atomic mass is 19.4. The monoisotopic (exact) mass is 467 g/mol. The molecule has 0 saturated heterocycles. The van der Waals surface area contributed by atoms with Gasteiger partial charge in [0.1, 0.15) is 0 Å². The van der Waals surface area contributed by atoms with Crippen LogP contribution in [0.15, 0.2) is 60.9 Å². The van der Waals surface area contributed by atoms with Gasteiger partial charge in [0.15, 0.2) is 0 Å². The van der Waals surface area contributed by atoms with E-state index in [4.69, 9.17) is 0 Å². The van der Waals surface area contributed by atoms with Gasteiger partial charge in [0.05, 0.1) is 35.1 Å². The number of hydrogen-bond acceptors (Lipinski definition) is 3. The van der Waals surface area contributed by atoms with E-state index in [2.05, 4.69) is 20.9 Å². The lowest BCUT2D eigenvalue weighted by Gasteiger charge is -2.12. The van der Waals surface area contributed by atoms with E-state index in [0.717, 1.165) is 41.4 Å². The summed E-state index contributed by atoms with van der Waals surface area (Å²) in [6, 6.07) is 12.4. The van der Waals surface area contributed by atoms with Gasteiger partial charge in [-0.15, -0.1) is 0 Å². The average molecular weight is 467 g/mol. The van der Waals surface area contributed by atoms with Gasteiger partial charge in [0, 0.05) is 23.0 Å². The lowest BCUT2D eigenvalue weighted by Crippen LogP contribution is -2.42. The molecule has 0 spiro atoms. The average Bonchev–Trinajstić information content (AvgIpc) is 3.44. The number of nitrogens with zero attached hydrogens (tertiary/aromatic N) is 2. The molecule has 10 heteroatoms. The number of hydrogen-bond donors (Lipinski definition) is 3. The maximum atomic E-state index is 13.2. The summed E-state index contributed by atoms with van der Waals surface area (Å²) < 4.78 is 40.8. The van der Waals surface area contributed by atoms with E-state index in [1.54, 1.807) is 6.20 Å². The van der Waals surface area contributed by atoms with Gasteiger partial charge in [-0.2, -0.15) is 18.3 Å². The Bertz CT molecular complexity index is 1380. The Kier molecular flexibility index (Phi) is 5.35. The molecule has 174 valence electrons. The second-order valence-corrected chi connectivity index (χ2v) is 8.22. The number of hydrazine groups is 1. The fourth-order valence-electron chi connectivity index (χ4n) is 3.99. The van der Waals surface area contributed by atoms with Gasteiger partial charge in [-0.05, 0) is 42.7 Å². The zero-order valence-corrected chi connectivity index (χ0v) is 17.8. The number of aromatic nitrogens is 3. The molecule has 2 amide bonds. The highest BCUT2D eigenvalue weighted by Crippen LogP contribution is 2.42. The number of para-hydroxylation sites is 1. The fourth-order valence-corrected chi connectivity index (χ4v) is 3.99. The van der Waals surface area contributed by atoms with Crippen LogP contribution in [0.2, 0.25) is 0 Å². The van der Waals surface area contributed by atoms with E-state index in [1.165, 1.54) is 23.0 Å². The maximum Gasteiger partial charge on any atom is 0.416 e. The molecule has 1 aliphatic carbocycles. The SMILES string of the molecule is O=C(Cc1c[nH]c2ccccc12)NNC(=O)c1cnn(-c2cccc(C(F)(F)F)c2)c1C1CC1. The summed E-state index contributed by atoms with van der Waals surface area (Å²) in [7, 11) is 0. The summed E-state index contributed by atoms with van der Waals surface area (Å²) in [5.74, 6) is -0.969. The number of fused-ring (bicyclic) bond motifs is 1. The van der Waals surface area contributed by atoms with Crippen LogP contribution >= 0.6 is 0 Å². The van der Waals surface area contributed by atoms with E-state index in [0.29, 0.717) is 5.69 Å². The first-order valence-electron chi connectivity index (χ1n) is 10.7. The molecular weight excluding hydrogens is 447 g/mol. The third-order valence-corrected chi connectivity index (χ3v) is 5.77. The van der Waals surface area contributed by atoms with Gasteiger partial charge >= 0.3 is 6.18 Å². The largest absolute Gasteiger partial charge is 0.416 e. The lowest BCUT2D eigenvalue weighted by atomic mass is 10.1. The molecular formula is C24H20F3N5O2. The van der Waals surface area contributed by atoms with Crippen LogP contribution in [0.4, 0.5) is 13.2 Å². The van der Waals surface area contributed by atoms with Gasteiger partial charge in [-0.3, -0.25) is 20.4 Å². The van der Waals surface area contributed by atoms with E-state index in [9.17, 15) is 22.8 Å². The van der Waals surface area contributed by atoms with Crippen LogP contribution in [0.1, 0.15) is 45.9 Å². The molecule has 0 bridgehead atoms. The number of carbonyl (C=O) groups excluding carboxylic acids is 2. The van der Waals surface area contributed by atoms with Crippen LogP contribution in [0.25, 0.3) is 16.6 Å². The molecule has 1 saturated carbocycles. The number of carbonyl (C=O) groups is 2. The summed E-state index contributed by atoms with van der Waals surface area (Å²) in [5, 5.41) is 5.10. The smallest absolute Gasteiger partial charge is 0.361 e. The van der Waals surface area contributed by atoms with E-state index < -0.39 is 23.6 Å². The van der Waals surface area contributed by atoms with Crippen molar-refractivity contribution in [2.24, 2.45) is 0 Å². The summed E-state index contributed by atoms with van der Waals surface area (Å²) in [6.45, 7) is 0. The predicted octanol–water partition coefficient (Wildman–Crippen LogP) is 4.25. The predicted molar refractivity (Wildman–Crippen MR) is 118 cm³/mol. The van der Waals surface area contributed by atoms with E-state index in [-0.39, 0.29) is 23.6 Å². The van der Waals surface area contributed by atoms with Gasteiger partial charge < -0.3 is 4.98 Å². The Balaban J connectivity index is 1.32. The Labute approximate surface area is 191 Å². The molecule has 7 nitrogen and oxygen atoms in total. The van der Waals surface area contributed by atoms with Crippen molar-refractivity contribution in [3.8, 4) is 5.69 Å². The number of rotatable bonds is 5. The Morgan fingerprint density at radius 3 is 2.65 bits per heavy atom. The van der Waals surface area contributed by atoms with Crippen molar-refractivity contribution in [1.29, 1.82) is 0 Å². The number of alkyl halides is 3. The lowest BCUT2D eigenvalue weighted by molar-refractivity contribution is -0.137. The molecule has 2 aromatic heterocycles. The van der Waals surface area contributed by atoms with Crippen molar-refractivity contribution < 1.29 is 22.8 Å². The number of amides is 2. The Hall–Kier alpha value is -4.08. The van der Waals surface area contributed by atoms with Crippen molar-refractivity contribution in [1.82, 2.24) is 25.6 Å². The first-order valence-corrected chi connectivity index (χ1v) is 10.7. The minimum Gasteiger partial charge on any atom is -0.361 e. The van der Waals surface area contributed by atoms with Gasteiger partial charge in [0.2, 0.25) is 5.91 Å². The molecule has 1 fully saturated rings. The Morgan fingerprint density at radius 2 is 1.88 bits per heavy atom. The van der Waals surface area contributed by atoms with Crippen LogP contribution in [-0.2, 0) is 17.4 Å². The number of benzene rings is 2. The summed E-state index contributed by atoms with van der Waals surface area (Å²) >= 11 is 0. The van der Waals surface area contributed by atoms with Gasteiger partial charge in [-0.1, -0.05) is 24.3 Å². The zero-order chi connectivity index (χ0) is 23.9. The molecule has 1 aliphatic rings. The summed E-state index contributed by atoms with van der Waals surface area (Å²) in [5.41, 5.74) is 6.68. The second kappa shape index (κ2) is 8.36. The normalized spacial score (nSPS) is 13.7. The third-order valence-electron chi connectivity index (χ3n) is 5.77. The first kappa shape index (κ1) is 21.7. The van der Waals surface area contributed by atoms with Gasteiger partial charge in [0.25, 0.3) is 5.91 Å². The number of H-pyrrole nitrogens is 1. The quantitative estimate of drug-likeness (QED) is 0.383. The van der Waals surface area contributed by atoms with Crippen molar-refractivity contribution in [2.45, 2.75) is 31.4 Å². The highest BCUT2D eigenvalue weighted by Gasteiger charge is 2.34. The van der Waals surface area contributed by atoms with Gasteiger partial charge in [-0.25, -0.2) is 4.68 Å². The van der Waals surface area contributed by atoms with Crippen LogP contribution in [-0.4, -0.2) is 26.6 Å². The molecule has 5 rings (SSSR count). The van der Waals surface area contributed by atoms with Crippen molar-refractivity contribution in [3.63, 3.8) is 0 Å². The Morgan fingerprint density at radius 1 is 1.09 bits per heavy atom. The maximum absolute atomic E-state index is 13.2. The fraction of sp³-hybridized carbons (Fsp3) is 0.208. The third kappa shape index (κ3) is 4.26. The van der Waals surface area contributed by atoms with Crippen LogP contribution in [0, 0.1) is 0 Å². The van der Waals surface area contributed by atoms with Crippen LogP contribution < -0.4 is 10.9 Å². The summed E-state index contributed by atoms with van der Waals surface area (Å²) in [6.07, 6.45) is 0.239. The van der Waals surface area contributed by atoms with Crippen molar-refractivity contribution in [3.05, 3.63) is 83.3 Å². The minimum atomic E-state index is -4.49. The molecule has 0 aliphatic heterocycles. The standard InChI is InChI=1S/C24H20F3N5O2/c25-24(26,27)16-4-3-5-17(11-16)32-22(14-8-9-14)19(13-29-32)23(34)31-30-21(33)10-15-12-28-20-7-2-1-6-18(15)20/h1-7,11-14,28H,8-10H2,(H,30,33)(H,31,34). The molecule has 2 heterocycles. The molecule has 34 heavy (non-hydrogen) atoms. The van der Waals surface area contributed by atoms with Crippen molar-refractivity contribution in [2.75, 3.05) is 0 Å². The van der Waals surface area contributed by atoms with E-state index in [1.807, 2.05) is 24.3 Å². The number of nitrogens with one attached hydrogen (secondary N) is 3. The first-order chi connectivity index (χ1) is 16.3. The molecule has 0 unspecified atom stereocenters. The number of aromatic amines is 1. The molecule has 4 aromatic rings. The molecule has 0 atom stereocenters. The topological polar surface area (TPSA) is 91.8 Å². The van der Waals surface area contributed by atoms with Crippen molar-refractivity contribution >= 4 is 22.7 Å². The van der Waals surface area contributed by atoms with Crippen LogP contribution in [0.5, 0.6) is 0 Å². The molecule has 2 aromatic carbocycles. The highest BCUT2D eigenvalue weighted by molar-refractivity contribution is 5.97. The zero-order valence-electron chi connectivity index (χ0n) is 17.8. The summed E-state index contributed by atoms with van der Waals surface area (Å²) in [4.78, 5) is 28.3.